The predicted molar refractivity (Wildman–Crippen MR) is 133 cm³/mol. The molecule has 0 spiro atoms. The lowest BCUT2D eigenvalue weighted by Gasteiger charge is -2.13. The number of ether oxygens (including phenoxy) is 1. The van der Waals surface area contributed by atoms with Gasteiger partial charge in [0.2, 0.25) is 0 Å². The van der Waals surface area contributed by atoms with E-state index in [2.05, 4.69) is 22.4 Å². The van der Waals surface area contributed by atoms with Crippen molar-refractivity contribution in [3.63, 3.8) is 0 Å². The van der Waals surface area contributed by atoms with E-state index in [-0.39, 0.29) is 18.2 Å². The molecule has 0 bridgehead atoms. The first kappa shape index (κ1) is 22.8. The maximum atomic E-state index is 14.5. The Morgan fingerprint density at radius 1 is 1.15 bits per heavy atom. The average molecular weight is 481 g/mol. The van der Waals surface area contributed by atoms with Crippen LogP contribution in [0.3, 0.4) is 0 Å². The van der Waals surface area contributed by atoms with E-state index < -0.39 is 9.84 Å². The van der Waals surface area contributed by atoms with Crippen molar-refractivity contribution in [2.24, 2.45) is 5.92 Å². The van der Waals surface area contributed by atoms with Gasteiger partial charge in [0.05, 0.1) is 5.75 Å². The smallest absolute Gasteiger partial charge is 0.147 e. The van der Waals surface area contributed by atoms with Gasteiger partial charge in [0.25, 0.3) is 0 Å². The molecule has 0 amide bonds. The number of fused-ring (bicyclic) bond motifs is 3. The number of anilines is 1. The Morgan fingerprint density at radius 3 is 2.79 bits per heavy atom. The lowest BCUT2D eigenvalue weighted by Crippen LogP contribution is -2.10. The summed E-state index contributed by atoms with van der Waals surface area (Å²) >= 11 is 0. The van der Waals surface area contributed by atoms with Crippen LogP contribution in [0.15, 0.2) is 48.5 Å². The van der Waals surface area contributed by atoms with Crippen LogP contribution in [-0.4, -0.2) is 32.0 Å². The summed E-state index contributed by atoms with van der Waals surface area (Å²) in [4.78, 5) is 4.59. The fourth-order valence-electron chi connectivity index (χ4n) is 4.88. The number of nitrogens with zero attached hydrogens (tertiary/aromatic N) is 1. The predicted octanol–water partition coefficient (Wildman–Crippen LogP) is 5.28. The molecule has 7 heteroatoms. The van der Waals surface area contributed by atoms with Crippen molar-refractivity contribution in [2.45, 2.75) is 38.7 Å². The van der Waals surface area contributed by atoms with Gasteiger partial charge < -0.3 is 10.1 Å². The number of nitrogens with one attached hydrogen (secondary N) is 1. The molecule has 3 aromatic rings. The summed E-state index contributed by atoms with van der Waals surface area (Å²) in [5, 5.41) is 3.16. The normalized spacial score (nSPS) is 18.3. The minimum absolute atomic E-state index is 0.143. The highest BCUT2D eigenvalue weighted by Crippen LogP contribution is 2.56. The number of benzene rings is 2. The number of hydrogen-bond donors (Lipinski definition) is 1. The Hall–Kier alpha value is -2.93. The Balaban J connectivity index is 1.25. The third-order valence-electron chi connectivity index (χ3n) is 6.75. The van der Waals surface area contributed by atoms with Crippen molar-refractivity contribution in [1.82, 2.24) is 4.98 Å². The van der Waals surface area contributed by atoms with Gasteiger partial charge in [-0.3, -0.25) is 0 Å². The molecule has 5 rings (SSSR count). The molecule has 0 radical (unpaired) electrons. The zero-order chi connectivity index (χ0) is 23.9. The third kappa shape index (κ3) is 5.09. The lowest BCUT2D eigenvalue weighted by molar-refractivity contribution is 0.299. The number of aryl methyl sites for hydroxylation is 1. The molecule has 2 unspecified atom stereocenters. The van der Waals surface area contributed by atoms with Crippen LogP contribution in [0.25, 0.3) is 11.1 Å². The van der Waals surface area contributed by atoms with Gasteiger partial charge >= 0.3 is 0 Å². The van der Waals surface area contributed by atoms with Crippen LogP contribution in [0.4, 0.5) is 10.2 Å². The highest BCUT2D eigenvalue weighted by atomic mass is 32.2. The van der Waals surface area contributed by atoms with Crippen molar-refractivity contribution in [1.29, 1.82) is 0 Å². The molecule has 5 nitrogen and oxygen atoms in total. The third-order valence-corrected chi connectivity index (χ3v) is 7.78. The molecule has 1 saturated carbocycles. The van der Waals surface area contributed by atoms with Crippen LogP contribution in [0.1, 0.15) is 41.1 Å². The van der Waals surface area contributed by atoms with Crippen molar-refractivity contribution >= 4 is 15.7 Å². The van der Waals surface area contributed by atoms with E-state index in [1.165, 1.54) is 29.9 Å². The number of halogens is 1. The van der Waals surface area contributed by atoms with Gasteiger partial charge in [0, 0.05) is 29.6 Å². The highest BCUT2D eigenvalue weighted by molar-refractivity contribution is 7.90. The zero-order valence-electron chi connectivity index (χ0n) is 19.5. The lowest BCUT2D eigenvalue weighted by atomic mass is 10.0. The minimum Gasteiger partial charge on any atom is -0.489 e. The Labute approximate surface area is 200 Å². The summed E-state index contributed by atoms with van der Waals surface area (Å²) in [5.41, 5.74) is 5.94. The van der Waals surface area contributed by atoms with Gasteiger partial charge in [-0.25, -0.2) is 17.8 Å². The molecule has 2 aliphatic rings. The Morgan fingerprint density at radius 2 is 2.00 bits per heavy atom. The zero-order valence-corrected chi connectivity index (χ0v) is 20.3. The summed E-state index contributed by atoms with van der Waals surface area (Å²) in [7, 11) is -2.96. The van der Waals surface area contributed by atoms with E-state index in [1.54, 1.807) is 6.07 Å². The van der Waals surface area contributed by atoms with Gasteiger partial charge in [-0.05, 0) is 91.1 Å². The highest BCUT2D eigenvalue weighted by Gasteiger charge is 2.44. The molecule has 2 aromatic carbocycles. The van der Waals surface area contributed by atoms with Crippen LogP contribution in [0, 0.1) is 18.7 Å². The first-order valence-electron chi connectivity index (χ1n) is 11.7. The van der Waals surface area contributed by atoms with E-state index in [1.807, 2.05) is 31.2 Å². The molecular formula is C27H29FN2O3S. The fourth-order valence-corrected chi connectivity index (χ4v) is 5.55. The first-order valence-corrected chi connectivity index (χ1v) is 13.8. The molecule has 34 heavy (non-hydrogen) atoms. The SMILES string of the molecule is Cc1nc(NCCCS(C)(=O)=O)ccc1-c1ccc(F)c(COc2ccc3c(c2)CC2CC32)c1. The van der Waals surface area contributed by atoms with E-state index in [0.717, 1.165) is 40.8 Å². The number of rotatable bonds is 9. The number of pyridine rings is 1. The molecular weight excluding hydrogens is 451 g/mol. The second-order valence-electron chi connectivity index (χ2n) is 9.50. The quantitative estimate of drug-likeness (QED) is 0.422. The molecule has 1 heterocycles. The van der Waals surface area contributed by atoms with Crippen molar-refractivity contribution in [3.05, 3.63) is 76.7 Å². The van der Waals surface area contributed by atoms with Crippen LogP contribution < -0.4 is 10.1 Å². The second-order valence-corrected chi connectivity index (χ2v) is 11.8. The molecule has 1 N–H and O–H groups in total. The van der Waals surface area contributed by atoms with Crippen LogP contribution in [0.2, 0.25) is 0 Å². The van der Waals surface area contributed by atoms with Gasteiger partial charge in [-0.1, -0.05) is 12.1 Å². The van der Waals surface area contributed by atoms with Crippen LogP contribution in [-0.2, 0) is 22.9 Å². The van der Waals surface area contributed by atoms with E-state index in [4.69, 9.17) is 4.74 Å². The topological polar surface area (TPSA) is 68.3 Å². The summed E-state index contributed by atoms with van der Waals surface area (Å²) in [6.45, 7) is 2.60. The molecule has 178 valence electrons. The molecule has 0 saturated heterocycles. The maximum absolute atomic E-state index is 14.5. The Bertz CT molecular complexity index is 1340. The largest absolute Gasteiger partial charge is 0.489 e. The second kappa shape index (κ2) is 9.02. The van der Waals surface area contributed by atoms with Crippen LogP contribution in [0.5, 0.6) is 5.75 Å². The first-order chi connectivity index (χ1) is 16.3. The van der Waals surface area contributed by atoms with Gasteiger partial charge in [-0.2, -0.15) is 0 Å². The summed E-state index contributed by atoms with van der Waals surface area (Å²) < 4.78 is 43.0. The van der Waals surface area contributed by atoms with Crippen molar-refractivity contribution in [3.8, 4) is 16.9 Å². The van der Waals surface area contributed by atoms with Crippen molar-refractivity contribution in [2.75, 3.05) is 23.9 Å². The van der Waals surface area contributed by atoms with Crippen molar-refractivity contribution < 1.29 is 17.5 Å². The molecule has 2 atom stereocenters. The molecule has 1 aromatic heterocycles. The van der Waals surface area contributed by atoms with Gasteiger partial charge in [-0.15, -0.1) is 0 Å². The van der Waals surface area contributed by atoms with E-state index in [9.17, 15) is 12.8 Å². The Kier molecular flexibility index (Phi) is 6.06. The summed E-state index contributed by atoms with van der Waals surface area (Å²) in [6.07, 6.45) is 4.21. The van der Waals surface area contributed by atoms with Crippen LogP contribution >= 0.6 is 0 Å². The monoisotopic (exact) mass is 480 g/mol. The number of aromatic nitrogens is 1. The number of sulfone groups is 1. The van der Waals surface area contributed by atoms with E-state index >= 15 is 0 Å². The molecule has 2 aliphatic carbocycles. The average Bonchev–Trinajstić information content (AvgIpc) is 3.46. The fraction of sp³-hybridized carbons (Fsp3) is 0.370. The summed E-state index contributed by atoms with van der Waals surface area (Å²) in [6, 6.07) is 15.1. The molecule has 0 aliphatic heterocycles. The molecule has 1 fully saturated rings. The number of hydrogen-bond acceptors (Lipinski definition) is 5. The van der Waals surface area contributed by atoms with Gasteiger partial charge in [0.1, 0.15) is 33.8 Å². The van der Waals surface area contributed by atoms with Gasteiger partial charge in [0.15, 0.2) is 0 Å². The standard InChI is InChI=1S/C27H29FN2O3S/c1-17-23(7-9-27(30-17)29-10-3-11-34(2,31)32)18-4-8-26(28)21(12-18)16-33-22-5-6-24-19(14-22)13-20-15-25(20)24/h4-9,12,14,20,25H,3,10-11,13,15-16H2,1-2H3,(H,29,30). The van der Waals surface area contributed by atoms with E-state index in [0.29, 0.717) is 24.3 Å². The summed E-state index contributed by atoms with van der Waals surface area (Å²) in [5.74, 6) is 2.91. The minimum atomic E-state index is -2.96. The maximum Gasteiger partial charge on any atom is 0.147 e.